The monoisotopic (exact) mass is 382 g/mol. The van der Waals surface area contributed by atoms with Crippen LogP contribution in [0.3, 0.4) is 0 Å². The van der Waals surface area contributed by atoms with Crippen molar-refractivity contribution in [2.75, 3.05) is 31.1 Å². The number of piperazine rings is 1. The summed E-state index contributed by atoms with van der Waals surface area (Å²) in [4.78, 5) is 19.7. The Morgan fingerprint density at radius 2 is 1.92 bits per heavy atom. The number of hydrogen-bond donors (Lipinski definition) is 0. The summed E-state index contributed by atoms with van der Waals surface area (Å²) in [6.45, 7) is 4.20. The molecule has 0 aliphatic carbocycles. The Bertz CT molecular complexity index is 791. The van der Waals surface area contributed by atoms with Crippen LogP contribution in [0.2, 0.25) is 0 Å². The van der Waals surface area contributed by atoms with Gasteiger partial charge in [-0.1, -0.05) is 0 Å². The van der Waals surface area contributed by atoms with Gasteiger partial charge in [0.25, 0.3) is 5.82 Å². The van der Waals surface area contributed by atoms with Crippen LogP contribution in [-0.4, -0.2) is 37.0 Å². The molecule has 0 aromatic carbocycles. The van der Waals surface area contributed by atoms with Crippen LogP contribution in [0.4, 0.5) is 19.0 Å². The standard InChI is InChI=1S/C18H18F3N3OS/c1-13-6-11-26-15(13)3-5-17(25)24-9-7-23(8-10-24)16-4-2-14(12-22-16)18(19,20)21/h2-6,11-12H,7-10H2,1H3/p+1/b5-3+. The summed E-state index contributed by atoms with van der Waals surface area (Å²) < 4.78 is 37.9. The predicted octanol–water partition coefficient (Wildman–Crippen LogP) is 3.25. The molecule has 1 saturated heterocycles. The lowest BCUT2D eigenvalue weighted by atomic mass is 10.2. The molecule has 138 valence electrons. The maximum atomic E-state index is 12.6. The van der Waals surface area contributed by atoms with Gasteiger partial charge in [-0.3, -0.25) is 9.69 Å². The van der Waals surface area contributed by atoms with Gasteiger partial charge < -0.3 is 4.90 Å². The second-order valence-corrected chi connectivity index (χ2v) is 7.02. The minimum atomic E-state index is -4.35. The van der Waals surface area contributed by atoms with E-state index in [1.165, 1.54) is 6.07 Å². The minimum Gasteiger partial charge on any atom is -0.331 e. The highest BCUT2D eigenvalue weighted by molar-refractivity contribution is 7.11. The Balaban J connectivity index is 1.56. The molecule has 26 heavy (non-hydrogen) atoms. The largest absolute Gasteiger partial charge is 0.419 e. The van der Waals surface area contributed by atoms with Gasteiger partial charge in [-0.05, 0) is 36.1 Å². The number of nitrogens with one attached hydrogen (secondary N) is 1. The summed E-state index contributed by atoms with van der Waals surface area (Å²) in [5, 5.41) is 1.98. The van der Waals surface area contributed by atoms with E-state index in [1.54, 1.807) is 22.3 Å². The number of H-pyrrole nitrogens is 1. The average molecular weight is 382 g/mol. The molecule has 3 heterocycles. The summed E-state index contributed by atoms with van der Waals surface area (Å²) in [5.41, 5.74) is 0.436. The van der Waals surface area contributed by atoms with Crippen molar-refractivity contribution in [3.8, 4) is 0 Å². The Morgan fingerprint density at radius 1 is 1.19 bits per heavy atom. The number of carbonyl (C=O) groups is 1. The Labute approximate surface area is 153 Å². The van der Waals surface area contributed by atoms with Crippen LogP contribution >= 0.6 is 11.3 Å². The number of carbonyl (C=O) groups excluding carboxylic acids is 1. The van der Waals surface area contributed by atoms with Gasteiger partial charge in [0.1, 0.15) is 19.3 Å². The fraction of sp³-hybridized carbons (Fsp3) is 0.333. The number of thiophene rings is 1. The third-order valence-corrected chi connectivity index (χ3v) is 5.32. The molecule has 0 spiro atoms. The quantitative estimate of drug-likeness (QED) is 0.765. The van der Waals surface area contributed by atoms with Crippen molar-refractivity contribution in [3.05, 3.63) is 51.9 Å². The molecule has 2 aromatic heterocycles. The molecule has 8 heteroatoms. The molecule has 1 fully saturated rings. The zero-order valence-corrected chi connectivity index (χ0v) is 15.0. The van der Waals surface area contributed by atoms with Gasteiger partial charge >= 0.3 is 6.18 Å². The van der Waals surface area contributed by atoms with Crippen molar-refractivity contribution in [2.45, 2.75) is 13.1 Å². The second-order valence-electron chi connectivity index (χ2n) is 6.07. The molecule has 0 atom stereocenters. The molecule has 0 unspecified atom stereocenters. The normalized spacial score (nSPS) is 15.7. The van der Waals surface area contributed by atoms with Crippen molar-refractivity contribution in [2.24, 2.45) is 0 Å². The minimum absolute atomic E-state index is 0.0474. The lowest BCUT2D eigenvalue weighted by molar-refractivity contribution is -0.367. The van der Waals surface area contributed by atoms with Gasteiger partial charge in [0.15, 0.2) is 0 Å². The van der Waals surface area contributed by atoms with E-state index in [9.17, 15) is 18.0 Å². The summed E-state index contributed by atoms with van der Waals surface area (Å²) in [6.07, 6.45) is 0.0312. The van der Waals surface area contributed by atoms with Crippen molar-refractivity contribution >= 4 is 29.1 Å². The van der Waals surface area contributed by atoms with E-state index >= 15 is 0 Å². The summed E-state index contributed by atoms with van der Waals surface area (Å²) in [5.74, 6) is 0.573. The fourth-order valence-corrected chi connectivity index (χ4v) is 3.58. The number of alkyl halides is 3. The summed E-state index contributed by atoms with van der Waals surface area (Å²) >= 11 is 1.59. The highest BCUT2D eigenvalue weighted by atomic mass is 32.1. The Kier molecular flexibility index (Phi) is 5.31. The highest BCUT2D eigenvalue weighted by Gasteiger charge is 2.32. The summed E-state index contributed by atoms with van der Waals surface area (Å²) in [6, 6.07) is 4.50. The van der Waals surface area contributed by atoms with Crippen LogP contribution in [0.15, 0.2) is 35.9 Å². The van der Waals surface area contributed by atoms with Crippen LogP contribution < -0.4 is 9.88 Å². The van der Waals surface area contributed by atoms with Crippen LogP contribution in [0, 0.1) is 6.92 Å². The zero-order valence-electron chi connectivity index (χ0n) is 14.2. The van der Waals surface area contributed by atoms with Gasteiger partial charge in [0.05, 0.1) is 18.7 Å². The van der Waals surface area contributed by atoms with E-state index in [0.717, 1.165) is 22.7 Å². The highest BCUT2D eigenvalue weighted by Crippen LogP contribution is 2.28. The Morgan fingerprint density at radius 3 is 2.46 bits per heavy atom. The first-order chi connectivity index (χ1) is 12.3. The molecular weight excluding hydrogens is 363 g/mol. The molecule has 1 amide bonds. The van der Waals surface area contributed by atoms with Crippen LogP contribution in [0.1, 0.15) is 16.0 Å². The molecule has 1 aliphatic heterocycles. The van der Waals surface area contributed by atoms with E-state index in [-0.39, 0.29) is 5.91 Å². The van der Waals surface area contributed by atoms with Crippen molar-refractivity contribution in [1.82, 2.24) is 4.90 Å². The molecule has 2 aromatic rings. The first kappa shape index (κ1) is 18.4. The maximum Gasteiger partial charge on any atom is 0.419 e. The number of amides is 1. The number of nitrogens with zero attached hydrogens (tertiary/aromatic N) is 2. The van der Waals surface area contributed by atoms with Crippen molar-refractivity contribution in [1.29, 1.82) is 0 Å². The number of pyridine rings is 1. The first-order valence-corrected chi connectivity index (χ1v) is 9.07. The Hall–Kier alpha value is -2.35. The third kappa shape index (κ3) is 4.24. The SMILES string of the molecule is Cc1ccsc1/C=C/C(=O)N1CCN(c2ccc(C(F)(F)F)c[nH+]2)CC1. The van der Waals surface area contributed by atoms with Gasteiger partial charge in [0.2, 0.25) is 5.91 Å². The van der Waals surface area contributed by atoms with E-state index in [2.05, 4.69) is 4.98 Å². The van der Waals surface area contributed by atoms with Gasteiger partial charge in [-0.15, -0.1) is 11.3 Å². The number of anilines is 1. The van der Waals surface area contributed by atoms with Gasteiger partial charge in [0, 0.05) is 17.0 Å². The van der Waals surface area contributed by atoms with Crippen molar-refractivity contribution < 1.29 is 22.9 Å². The van der Waals surface area contributed by atoms with E-state index in [0.29, 0.717) is 32.0 Å². The summed E-state index contributed by atoms with van der Waals surface area (Å²) in [7, 11) is 0. The molecule has 3 rings (SSSR count). The molecule has 1 aliphatic rings. The zero-order chi connectivity index (χ0) is 18.7. The molecule has 0 radical (unpaired) electrons. The smallest absolute Gasteiger partial charge is 0.331 e. The van der Waals surface area contributed by atoms with Crippen LogP contribution in [0.5, 0.6) is 0 Å². The van der Waals surface area contributed by atoms with E-state index in [4.69, 9.17) is 0 Å². The number of aromatic nitrogens is 1. The number of aromatic amines is 1. The number of aryl methyl sites for hydroxylation is 1. The predicted molar refractivity (Wildman–Crippen MR) is 94.9 cm³/mol. The van der Waals surface area contributed by atoms with Crippen molar-refractivity contribution in [3.63, 3.8) is 0 Å². The molecule has 0 saturated carbocycles. The average Bonchev–Trinajstić information content (AvgIpc) is 3.04. The first-order valence-electron chi connectivity index (χ1n) is 8.19. The molecule has 0 bridgehead atoms. The number of halogens is 3. The second kappa shape index (κ2) is 7.49. The lowest BCUT2D eigenvalue weighted by Gasteiger charge is -2.30. The van der Waals surface area contributed by atoms with E-state index in [1.807, 2.05) is 29.3 Å². The fourth-order valence-electron chi connectivity index (χ4n) is 2.76. The number of hydrogen-bond acceptors (Lipinski definition) is 3. The lowest BCUT2D eigenvalue weighted by Crippen LogP contribution is -2.49. The molecular formula is C18H19F3N3OS+. The van der Waals surface area contributed by atoms with Crippen LogP contribution in [-0.2, 0) is 11.0 Å². The maximum absolute atomic E-state index is 12.6. The topological polar surface area (TPSA) is 37.7 Å². The third-order valence-electron chi connectivity index (χ3n) is 4.33. The van der Waals surface area contributed by atoms with Gasteiger partial charge in [-0.2, -0.15) is 13.2 Å². The number of rotatable bonds is 3. The molecule has 1 N–H and O–H groups in total. The molecule has 4 nitrogen and oxygen atoms in total. The van der Waals surface area contributed by atoms with Gasteiger partial charge in [-0.25, -0.2) is 4.98 Å². The van der Waals surface area contributed by atoms with E-state index < -0.39 is 11.7 Å². The van der Waals surface area contributed by atoms with Crippen LogP contribution in [0.25, 0.3) is 6.08 Å².